The van der Waals surface area contributed by atoms with Crippen LogP contribution in [0.3, 0.4) is 0 Å². The highest BCUT2D eigenvalue weighted by Crippen LogP contribution is 2.16. The number of hydrogen-bond donors (Lipinski definition) is 0. The summed E-state index contributed by atoms with van der Waals surface area (Å²) in [6, 6.07) is 10.6. The SMILES string of the molecule is O=C(OCc1ccccc1Cl)c1ccc(Br)nc1. The van der Waals surface area contributed by atoms with Crippen molar-refractivity contribution in [1.82, 2.24) is 4.98 Å². The summed E-state index contributed by atoms with van der Waals surface area (Å²) in [4.78, 5) is 15.7. The Kier molecular flexibility index (Phi) is 4.33. The monoisotopic (exact) mass is 325 g/mol. The minimum Gasteiger partial charge on any atom is -0.457 e. The summed E-state index contributed by atoms with van der Waals surface area (Å²) in [7, 11) is 0. The second-order valence-corrected chi connectivity index (χ2v) is 4.76. The highest BCUT2D eigenvalue weighted by Gasteiger charge is 2.08. The zero-order valence-corrected chi connectivity index (χ0v) is 11.6. The number of nitrogens with zero attached hydrogens (tertiary/aromatic N) is 1. The number of carbonyl (C=O) groups is 1. The summed E-state index contributed by atoms with van der Waals surface area (Å²) in [6.07, 6.45) is 1.46. The molecule has 0 saturated carbocycles. The van der Waals surface area contributed by atoms with Crippen molar-refractivity contribution in [2.24, 2.45) is 0 Å². The van der Waals surface area contributed by atoms with Gasteiger partial charge in [-0.05, 0) is 34.1 Å². The van der Waals surface area contributed by atoms with Crippen LogP contribution in [0.15, 0.2) is 47.2 Å². The molecule has 0 amide bonds. The number of hydrogen-bond acceptors (Lipinski definition) is 3. The molecule has 0 spiro atoms. The molecule has 3 nitrogen and oxygen atoms in total. The second kappa shape index (κ2) is 5.98. The molecule has 0 atom stereocenters. The van der Waals surface area contributed by atoms with E-state index in [0.29, 0.717) is 15.2 Å². The fraction of sp³-hybridized carbons (Fsp3) is 0.0769. The molecule has 0 aliphatic rings. The Balaban J connectivity index is 2.01. The third kappa shape index (κ3) is 3.31. The molecule has 0 radical (unpaired) electrons. The summed E-state index contributed by atoms with van der Waals surface area (Å²) in [5.41, 5.74) is 1.18. The highest BCUT2D eigenvalue weighted by molar-refractivity contribution is 9.10. The molecule has 0 N–H and O–H groups in total. The van der Waals surface area contributed by atoms with Gasteiger partial charge in [0.15, 0.2) is 0 Å². The van der Waals surface area contributed by atoms with Crippen molar-refractivity contribution in [2.75, 3.05) is 0 Å². The Morgan fingerprint density at radius 1 is 1.28 bits per heavy atom. The molecule has 0 unspecified atom stereocenters. The van der Waals surface area contributed by atoms with Crippen molar-refractivity contribution in [3.63, 3.8) is 0 Å². The number of ether oxygens (including phenoxy) is 1. The molecule has 1 heterocycles. The molecule has 5 heteroatoms. The molecule has 0 aliphatic carbocycles. The van der Waals surface area contributed by atoms with Gasteiger partial charge in [-0.15, -0.1) is 0 Å². The van der Waals surface area contributed by atoms with E-state index >= 15 is 0 Å². The Morgan fingerprint density at radius 2 is 2.06 bits per heavy atom. The lowest BCUT2D eigenvalue weighted by Crippen LogP contribution is -2.05. The molecule has 0 bridgehead atoms. The van der Waals surface area contributed by atoms with Crippen LogP contribution in [0.1, 0.15) is 15.9 Å². The van der Waals surface area contributed by atoms with Crippen LogP contribution in [0, 0.1) is 0 Å². The van der Waals surface area contributed by atoms with Crippen molar-refractivity contribution in [2.45, 2.75) is 6.61 Å². The van der Waals surface area contributed by atoms with E-state index in [0.717, 1.165) is 5.56 Å². The molecule has 2 rings (SSSR count). The standard InChI is InChI=1S/C13H9BrClNO2/c14-12-6-5-9(7-16-12)13(17)18-8-10-3-1-2-4-11(10)15/h1-7H,8H2. The maximum Gasteiger partial charge on any atom is 0.340 e. The van der Waals surface area contributed by atoms with Crippen molar-refractivity contribution >= 4 is 33.5 Å². The van der Waals surface area contributed by atoms with Gasteiger partial charge in [-0.3, -0.25) is 0 Å². The van der Waals surface area contributed by atoms with Crippen LogP contribution in [-0.2, 0) is 11.3 Å². The van der Waals surface area contributed by atoms with Gasteiger partial charge >= 0.3 is 5.97 Å². The lowest BCUT2D eigenvalue weighted by molar-refractivity contribution is 0.0472. The number of carbonyl (C=O) groups excluding carboxylic acids is 1. The average Bonchev–Trinajstić information content (AvgIpc) is 2.38. The fourth-order valence-corrected chi connectivity index (χ4v) is 1.76. The van der Waals surface area contributed by atoms with Crippen LogP contribution in [0.2, 0.25) is 5.02 Å². The first-order chi connectivity index (χ1) is 8.66. The Hall–Kier alpha value is -1.39. The van der Waals surface area contributed by atoms with Crippen molar-refractivity contribution in [1.29, 1.82) is 0 Å². The van der Waals surface area contributed by atoms with Gasteiger partial charge in [0.1, 0.15) is 11.2 Å². The number of benzene rings is 1. The largest absolute Gasteiger partial charge is 0.457 e. The van der Waals surface area contributed by atoms with Crippen LogP contribution in [0.5, 0.6) is 0 Å². The number of esters is 1. The van der Waals surface area contributed by atoms with Gasteiger partial charge in [0, 0.05) is 16.8 Å². The molecule has 0 aliphatic heterocycles. The normalized spacial score (nSPS) is 10.1. The lowest BCUT2D eigenvalue weighted by atomic mass is 10.2. The lowest BCUT2D eigenvalue weighted by Gasteiger charge is -2.06. The van der Waals surface area contributed by atoms with Gasteiger partial charge in [-0.25, -0.2) is 9.78 Å². The van der Waals surface area contributed by atoms with Gasteiger partial charge < -0.3 is 4.74 Å². The Bertz CT molecular complexity index is 557. The molecule has 1 aromatic heterocycles. The second-order valence-electron chi connectivity index (χ2n) is 3.54. The first kappa shape index (κ1) is 13.1. The van der Waals surface area contributed by atoms with Crippen LogP contribution >= 0.6 is 27.5 Å². The van der Waals surface area contributed by atoms with Crippen LogP contribution in [-0.4, -0.2) is 11.0 Å². The summed E-state index contributed by atoms with van der Waals surface area (Å²) in [5.74, 6) is -0.421. The maximum absolute atomic E-state index is 11.7. The topological polar surface area (TPSA) is 39.2 Å². The third-order valence-corrected chi connectivity index (χ3v) is 3.12. The van der Waals surface area contributed by atoms with Crippen molar-refractivity contribution in [3.8, 4) is 0 Å². The zero-order chi connectivity index (χ0) is 13.0. The number of rotatable bonds is 3. The zero-order valence-electron chi connectivity index (χ0n) is 9.27. The van der Waals surface area contributed by atoms with E-state index in [9.17, 15) is 4.79 Å². The quantitative estimate of drug-likeness (QED) is 0.635. The average molecular weight is 327 g/mol. The van der Waals surface area contributed by atoms with Gasteiger partial charge in [0.05, 0.1) is 5.56 Å². The summed E-state index contributed by atoms with van der Waals surface area (Å²) >= 11 is 9.16. The van der Waals surface area contributed by atoms with Gasteiger partial charge in [-0.1, -0.05) is 29.8 Å². The molecular formula is C13H9BrClNO2. The molecule has 18 heavy (non-hydrogen) atoms. The molecule has 0 fully saturated rings. The number of pyridine rings is 1. The van der Waals surface area contributed by atoms with Crippen molar-refractivity contribution in [3.05, 3.63) is 63.3 Å². The van der Waals surface area contributed by atoms with E-state index in [2.05, 4.69) is 20.9 Å². The summed E-state index contributed by atoms with van der Waals surface area (Å²) < 4.78 is 5.83. The van der Waals surface area contributed by atoms with E-state index in [1.165, 1.54) is 6.20 Å². The third-order valence-electron chi connectivity index (χ3n) is 2.28. The Labute approximate surface area is 118 Å². The summed E-state index contributed by atoms with van der Waals surface area (Å²) in [6.45, 7) is 0.147. The molecule has 2 aromatic rings. The maximum atomic E-state index is 11.7. The van der Waals surface area contributed by atoms with Gasteiger partial charge in [-0.2, -0.15) is 0 Å². The van der Waals surface area contributed by atoms with Crippen LogP contribution in [0.4, 0.5) is 0 Å². The predicted octanol–water partition coefficient (Wildman–Crippen LogP) is 3.85. The van der Waals surface area contributed by atoms with E-state index in [-0.39, 0.29) is 6.61 Å². The van der Waals surface area contributed by atoms with E-state index in [1.54, 1.807) is 18.2 Å². The highest BCUT2D eigenvalue weighted by atomic mass is 79.9. The Morgan fingerprint density at radius 3 is 2.72 bits per heavy atom. The minimum absolute atomic E-state index is 0.147. The fourth-order valence-electron chi connectivity index (χ4n) is 1.34. The van der Waals surface area contributed by atoms with E-state index < -0.39 is 5.97 Å². The molecular weight excluding hydrogens is 318 g/mol. The molecule has 92 valence electrons. The predicted molar refractivity (Wildman–Crippen MR) is 72.5 cm³/mol. The molecule has 0 saturated heterocycles. The number of aromatic nitrogens is 1. The minimum atomic E-state index is -0.421. The number of halogens is 2. The van der Waals surface area contributed by atoms with Crippen LogP contribution in [0.25, 0.3) is 0 Å². The summed E-state index contributed by atoms with van der Waals surface area (Å²) in [5, 5.41) is 0.583. The van der Waals surface area contributed by atoms with E-state index in [1.807, 2.05) is 18.2 Å². The van der Waals surface area contributed by atoms with Crippen LogP contribution < -0.4 is 0 Å². The molecule has 1 aromatic carbocycles. The first-order valence-electron chi connectivity index (χ1n) is 5.19. The van der Waals surface area contributed by atoms with Gasteiger partial charge in [0.2, 0.25) is 0 Å². The smallest absolute Gasteiger partial charge is 0.340 e. The first-order valence-corrected chi connectivity index (χ1v) is 6.36. The van der Waals surface area contributed by atoms with Gasteiger partial charge in [0.25, 0.3) is 0 Å². The van der Waals surface area contributed by atoms with E-state index in [4.69, 9.17) is 16.3 Å². The van der Waals surface area contributed by atoms with Crippen molar-refractivity contribution < 1.29 is 9.53 Å².